The van der Waals surface area contributed by atoms with Crippen molar-refractivity contribution in [2.45, 2.75) is 50.4 Å². The van der Waals surface area contributed by atoms with Crippen LogP contribution in [0, 0.1) is 0 Å². The third kappa shape index (κ3) is 3.17. The Morgan fingerprint density at radius 1 is 1.10 bits per heavy atom. The summed E-state index contributed by atoms with van der Waals surface area (Å²) in [6.45, 7) is 0. The van der Waals surface area contributed by atoms with Gasteiger partial charge in [0.1, 0.15) is 5.01 Å². The lowest BCUT2D eigenvalue weighted by atomic mass is 9.70. The Balaban J connectivity index is 1.94. The van der Waals surface area contributed by atoms with E-state index in [0.717, 1.165) is 18.7 Å². The highest BCUT2D eigenvalue weighted by Crippen LogP contribution is 2.45. The second-order valence-corrected chi connectivity index (χ2v) is 7.18. The van der Waals surface area contributed by atoms with Crippen LogP contribution in [0.15, 0.2) is 35.7 Å². The van der Waals surface area contributed by atoms with E-state index in [1.807, 2.05) is 11.3 Å². The fourth-order valence-corrected chi connectivity index (χ4v) is 4.70. The smallest absolute Gasteiger partial charge is 0.103 e. The van der Waals surface area contributed by atoms with Crippen molar-refractivity contribution < 1.29 is 0 Å². The Labute approximate surface area is 136 Å². The van der Waals surface area contributed by atoms with Crippen LogP contribution in [0.25, 0.3) is 0 Å². The molecule has 1 nitrogen and oxygen atoms in total. The number of nitrogens with zero attached hydrogens (tertiary/aromatic N) is 1. The zero-order chi connectivity index (χ0) is 14.5. The summed E-state index contributed by atoms with van der Waals surface area (Å²) < 4.78 is 0. The predicted molar refractivity (Wildman–Crippen MR) is 91.5 cm³/mol. The number of benzene rings is 1. The molecule has 2 aromatic rings. The van der Waals surface area contributed by atoms with Crippen LogP contribution in [0.2, 0.25) is 0 Å². The lowest BCUT2D eigenvalue weighted by Crippen LogP contribution is -2.30. The molecular formula is C18H22ClNS. The van der Waals surface area contributed by atoms with Crippen molar-refractivity contribution in [1.82, 2.24) is 4.98 Å². The lowest BCUT2D eigenvalue weighted by molar-refractivity contribution is 0.344. The van der Waals surface area contributed by atoms with Crippen LogP contribution in [0.3, 0.4) is 0 Å². The number of thiazole rings is 1. The first kappa shape index (κ1) is 15.1. The number of aryl methyl sites for hydroxylation is 1. The van der Waals surface area contributed by atoms with Crippen LogP contribution < -0.4 is 0 Å². The van der Waals surface area contributed by atoms with E-state index in [2.05, 4.69) is 35.7 Å². The minimum absolute atomic E-state index is 0.156. The summed E-state index contributed by atoms with van der Waals surface area (Å²) >= 11 is 7.65. The van der Waals surface area contributed by atoms with Crippen LogP contribution in [-0.2, 0) is 11.8 Å². The molecule has 1 aromatic heterocycles. The Morgan fingerprint density at radius 3 is 2.57 bits per heavy atom. The number of alkyl halides is 1. The quantitative estimate of drug-likeness (QED) is 0.657. The molecule has 0 saturated heterocycles. The third-order valence-corrected chi connectivity index (χ3v) is 5.92. The molecule has 0 amide bonds. The largest absolute Gasteiger partial charge is 0.245 e. The summed E-state index contributed by atoms with van der Waals surface area (Å²) in [7, 11) is 0. The van der Waals surface area contributed by atoms with Gasteiger partial charge in [0.2, 0.25) is 0 Å². The SMILES string of the molecule is ClCCCc1csc(C2(c3ccccc3)CCCCC2)n1. The maximum Gasteiger partial charge on any atom is 0.103 e. The van der Waals surface area contributed by atoms with Crippen molar-refractivity contribution in [3.05, 3.63) is 52.0 Å². The van der Waals surface area contributed by atoms with Crippen molar-refractivity contribution in [2.75, 3.05) is 5.88 Å². The molecule has 0 radical (unpaired) electrons. The Hall–Kier alpha value is -0.860. The topological polar surface area (TPSA) is 12.9 Å². The number of hydrogen-bond donors (Lipinski definition) is 0. The van der Waals surface area contributed by atoms with E-state index in [0.29, 0.717) is 0 Å². The molecule has 0 bridgehead atoms. The number of aromatic nitrogens is 1. The molecule has 1 aliphatic rings. The maximum absolute atomic E-state index is 5.81. The summed E-state index contributed by atoms with van der Waals surface area (Å²) in [4.78, 5) is 4.98. The minimum atomic E-state index is 0.156. The van der Waals surface area contributed by atoms with E-state index in [1.165, 1.54) is 48.4 Å². The van der Waals surface area contributed by atoms with Gasteiger partial charge in [0.25, 0.3) is 0 Å². The van der Waals surface area contributed by atoms with Gasteiger partial charge in [-0.15, -0.1) is 22.9 Å². The summed E-state index contributed by atoms with van der Waals surface area (Å²) in [6, 6.07) is 11.0. The monoisotopic (exact) mass is 319 g/mol. The number of hydrogen-bond acceptors (Lipinski definition) is 2. The van der Waals surface area contributed by atoms with Crippen LogP contribution in [0.5, 0.6) is 0 Å². The standard InChI is InChI=1S/C18H22ClNS/c19-13-7-10-16-14-21-17(20-16)18(11-5-2-6-12-18)15-8-3-1-4-9-15/h1,3-4,8-9,14H,2,5-7,10-13H2. The van der Waals surface area contributed by atoms with E-state index in [1.54, 1.807) is 0 Å². The zero-order valence-corrected chi connectivity index (χ0v) is 13.9. The molecule has 1 aliphatic carbocycles. The lowest BCUT2D eigenvalue weighted by Gasteiger charge is -2.36. The maximum atomic E-state index is 5.81. The van der Waals surface area contributed by atoms with Crippen molar-refractivity contribution in [3.8, 4) is 0 Å². The normalized spacial score (nSPS) is 17.8. The number of halogens is 1. The van der Waals surface area contributed by atoms with Crippen LogP contribution >= 0.6 is 22.9 Å². The molecule has 1 fully saturated rings. The van der Waals surface area contributed by atoms with Gasteiger partial charge in [0.05, 0.1) is 5.69 Å². The molecule has 1 saturated carbocycles. The average Bonchev–Trinajstić information content (AvgIpc) is 3.04. The highest BCUT2D eigenvalue weighted by molar-refractivity contribution is 7.09. The average molecular weight is 320 g/mol. The number of rotatable bonds is 5. The molecule has 0 atom stereocenters. The molecule has 112 valence electrons. The fraction of sp³-hybridized carbons (Fsp3) is 0.500. The summed E-state index contributed by atoms with van der Waals surface area (Å²) in [5.74, 6) is 0.719. The van der Waals surface area contributed by atoms with Gasteiger partial charge in [0.15, 0.2) is 0 Å². The first-order valence-electron chi connectivity index (χ1n) is 7.91. The molecule has 1 aromatic carbocycles. The van der Waals surface area contributed by atoms with Crippen molar-refractivity contribution >= 4 is 22.9 Å². The van der Waals surface area contributed by atoms with Gasteiger partial charge < -0.3 is 0 Å². The highest BCUT2D eigenvalue weighted by Gasteiger charge is 2.38. The fourth-order valence-electron chi connectivity index (χ4n) is 3.43. The molecular weight excluding hydrogens is 298 g/mol. The molecule has 3 heteroatoms. The summed E-state index contributed by atoms with van der Waals surface area (Å²) in [6.07, 6.45) is 8.48. The molecule has 3 rings (SSSR count). The Bertz CT molecular complexity index is 558. The van der Waals surface area contributed by atoms with E-state index in [-0.39, 0.29) is 5.41 Å². The van der Waals surface area contributed by atoms with E-state index < -0.39 is 0 Å². The van der Waals surface area contributed by atoms with Crippen molar-refractivity contribution in [3.63, 3.8) is 0 Å². The third-order valence-electron chi connectivity index (χ3n) is 4.56. The predicted octanol–water partition coefficient (Wildman–Crippen LogP) is 5.56. The van der Waals surface area contributed by atoms with Gasteiger partial charge in [-0.05, 0) is 31.2 Å². The molecule has 0 spiro atoms. The van der Waals surface area contributed by atoms with E-state index in [9.17, 15) is 0 Å². The van der Waals surface area contributed by atoms with Gasteiger partial charge in [-0.25, -0.2) is 4.98 Å². The van der Waals surface area contributed by atoms with Gasteiger partial charge in [0, 0.05) is 16.7 Å². The molecule has 0 unspecified atom stereocenters. The molecule has 0 aliphatic heterocycles. The Kier molecular flexibility index (Phi) is 4.97. The van der Waals surface area contributed by atoms with Gasteiger partial charge >= 0.3 is 0 Å². The van der Waals surface area contributed by atoms with E-state index >= 15 is 0 Å². The summed E-state index contributed by atoms with van der Waals surface area (Å²) in [5, 5.41) is 3.55. The molecule has 1 heterocycles. The highest BCUT2D eigenvalue weighted by atomic mass is 35.5. The zero-order valence-electron chi connectivity index (χ0n) is 12.4. The van der Waals surface area contributed by atoms with Crippen LogP contribution in [0.4, 0.5) is 0 Å². The van der Waals surface area contributed by atoms with E-state index in [4.69, 9.17) is 16.6 Å². The van der Waals surface area contributed by atoms with Crippen LogP contribution in [-0.4, -0.2) is 10.9 Å². The first-order valence-corrected chi connectivity index (χ1v) is 9.33. The molecule has 21 heavy (non-hydrogen) atoms. The summed E-state index contributed by atoms with van der Waals surface area (Å²) in [5.41, 5.74) is 2.82. The van der Waals surface area contributed by atoms with Crippen LogP contribution in [0.1, 0.15) is 54.8 Å². The van der Waals surface area contributed by atoms with Gasteiger partial charge in [-0.3, -0.25) is 0 Å². The Morgan fingerprint density at radius 2 is 1.86 bits per heavy atom. The minimum Gasteiger partial charge on any atom is -0.245 e. The van der Waals surface area contributed by atoms with Crippen molar-refractivity contribution in [1.29, 1.82) is 0 Å². The van der Waals surface area contributed by atoms with Gasteiger partial charge in [-0.2, -0.15) is 0 Å². The second-order valence-electron chi connectivity index (χ2n) is 5.95. The molecule has 0 N–H and O–H groups in total. The first-order chi connectivity index (χ1) is 10.3. The van der Waals surface area contributed by atoms with Crippen molar-refractivity contribution in [2.24, 2.45) is 0 Å². The van der Waals surface area contributed by atoms with Gasteiger partial charge in [-0.1, -0.05) is 49.6 Å². The second kappa shape index (κ2) is 6.93.